The molecule has 6 heteroatoms. The van der Waals surface area contributed by atoms with Gasteiger partial charge in [-0.1, -0.05) is 281 Å². The lowest BCUT2D eigenvalue weighted by atomic mass is 10.1. The van der Waals surface area contributed by atoms with Crippen LogP contribution in [0.1, 0.15) is 290 Å². The Morgan fingerprint density at radius 1 is 0.253 bits per heavy atom. The molecule has 0 amide bonds. The first-order valence-electron chi connectivity index (χ1n) is 34.0. The molecule has 0 fully saturated rings. The first-order valence-corrected chi connectivity index (χ1v) is 34.0. The van der Waals surface area contributed by atoms with Gasteiger partial charge in [-0.3, -0.25) is 14.4 Å². The van der Waals surface area contributed by atoms with Crippen molar-refractivity contribution in [2.24, 2.45) is 0 Å². The minimum atomic E-state index is -0.807. The van der Waals surface area contributed by atoms with Crippen LogP contribution in [-0.2, 0) is 28.6 Å². The second-order valence-corrected chi connectivity index (χ2v) is 22.0. The summed E-state index contributed by atoms with van der Waals surface area (Å²) >= 11 is 0. The number of hydrogen-bond acceptors (Lipinski definition) is 6. The van der Waals surface area contributed by atoms with E-state index in [4.69, 9.17) is 14.2 Å². The van der Waals surface area contributed by atoms with Crippen LogP contribution in [0.25, 0.3) is 0 Å². The van der Waals surface area contributed by atoms with Gasteiger partial charge in [0.2, 0.25) is 0 Å². The Hall–Kier alpha value is -4.97. The van der Waals surface area contributed by atoms with Gasteiger partial charge in [-0.05, 0) is 148 Å². The van der Waals surface area contributed by atoms with Gasteiger partial charge in [0.1, 0.15) is 13.2 Å². The molecular weight excluding hydrogens is 1020 g/mol. The van der Waals surface area contributed by atoms with Crippen molar-refractivity contribution in [3.63, 3.8) is 0 Å². The largest absolute Gasteiger partial charge is 0.462 e. The van der Waals surface area contributed by atoms with Crippen molar-refractivity contribution < 1.29 is 28.6 Å². The minimum Gasteiger partial charge on any atom is -0.462 e. The molecule has 0 aliphatic heterocycles. The molecule has 83 heavy (non-hydrogen) atoms. The van der Waals surface area contributed by atoms with Crippen LogP contribution >= 0.6 is 0 Å². The van der Waals surface area contributed by atoms with Gasteiger partial charge in [-0.25, -0.2) is 0 Å². The van der Waals surface area contributed by atoms with Gasteiger partial charge in [0.05, 0.1) is 0 Å². The van der Waals surface area contributed by atoms with Crippen LogP contribution in [0, 0.1) is 0 Å². The van der Waals surface area contributed by atoms with E-state index in [2.05, 4.69) is 179 Å². The van der Waals surface area contributed by atoms with E-state index in [9.17, 15) is 14.4 Å². The lowest BCUT2D eigenvalue weighted by Gasteiger charge is -2.18. The molecule has 0 radical (unpaired) electrons. The highest BCUT2D eigenvalue weighted by molar-refractivity contribution is 5.71. The van der Waals surface area contributed by atoms with Gasteiger partial charge in [0.15, 0.2) is 6.10 Å². The molecule has 0 bridgehead atoms. The van der Waals surface area contributed by atoms with Crippen LogP contribution in [0.15, 0.2) is 158 Å². The minimum absolute atomic E-state index is 0.104. The maximum absolute atomic E-state index is 12.9. The van der Waals surface area contributed by atoms with Crippen molar-refractivity contribution in [1.29, 1.82) is 0 Å². The van der Waals surface area contributed by atoms with E-state index in [0.29, 0.717) is 19.3 Å². The maximum atomic E-state index is 12.9. The number of unbranched alkanes of at least 4 members (excludes halogenated alkanes) is 23. The molecule has 1 unspecified atom stereocenters. The Morgan fingerprint density at radius 2 is 0.470 bits per heavy atom. The Morgan fingerprint density at radius 3 is 0.759 bits per heavy atom. The van der Waals surface area contributed by atoms with Crippen molar-refractivity contribution in [3.05, 3.63) is 158 Å². The standard InChI is InChI=1S/C77H124O6/c1-4-7-10-13-16-19-22-25-27-29-31-32-33-34-35-36-37-38-39-40-41-42-43-44-46-47-49-52-55-58-61-64-67-70-76(79)82-73-74(72-81-75(78)69-66-63-60-57-54-51-24-21-18-15-12-9-6-3)83-77(80)71-68-65-62-59-56-53-50-48-45-30-28-26-23-20-17-14-11-8-5-2/h7,9-10,12,16,18-19,21,25-28,31-32,34-35,37-38,40-41,43-44,47,49,51,54,74H,4-6,8,11,13-15,17,20,22-24,29-30,33,36,39,42,45-46,48,50,52-53,55-73H2,1-3H3/b10-7-,12-9-,19-16-,21-18-,27-25-,28-26-,32-31-,35-34-,38-37-,41-40-,44-43-,49-47-,54-51-. The third-order valence-corrected chi connectivity index (χ3v) is 14.0. The quantitative estimate of drug-likeness (QED) is 0.0261. The lowest BCUT2D eigenvalue weighted by Crippen LogP contribution is -2.30. The van der Waals surface area contributed by atoms with E-state index < -0.39 is 6.10 Å². The first kappa shape index (κ1) is 78.0. The van der Waals surface area contributed by atoms with Gasteiger partial charge in [-0.2, -0.15) is 0 Å². The van der Waals surface area contributed by atoms with Crippen LogP contribution in [0.2, 0.25) is 0 Å². The number of allylic oxidation sites excluding steroid dienone is 26. The molecule has 0 rings (SSSR count). The van der Waals surface area contributed by atoms with Crippen molar-refractivity contribution in [2.75, 3.05) is 13.2 Å². The molecule has 0 aliphatic carbocycles. The number of carbonyl (C=O) groups is 3. The molecule has 0 saturated carbocycles. The smallest absolute Gasteiger partial charge is 0.306 e. The van der Waals surface area contributed by atoms with Crippen molar-refractivity contribution >= 4 is 17.9 Å². The average Bonchev–Trinajstić information content (AvgIpc) is 3.49. The van der Waals surface area contributed by atoms with Crippen molar-refractivity contribution in [2.45, 2.75) is 297 Å². The predicted octanol–water partition coefficient (Wildman–Crippen LogP) is 23.7. The van der Waals surface area contributed by atoms with E-state index in [1.165, 1.54) is 89.9 Å². The zero-order valence-corrected chi connectivity index (χ0v) is 53.7. The SMILES string of the molecule is CC/C=C\C/C=C\C/C=C\C/C=C\C/C=C\C/C=C\C/C=C\C/C=C\C/C=C\CCCCCCCC(=O)OCC(COC(=O)CCCCC/C=C\C/C=C\C/C=C\CC)OC(=O)CCCCCCCCCCC/C=C\CCCCCCCC. The Kier molecular flexibility index (Phi) is 65.4. The van der Waals surface area contributed by atoms with Gasteiger partial charge in [0.25, 0.3) is 0 Å². The molecule has 0 heterocycles. The fourth-order valence-electron chi connectivity index (χ4n) is 8.97. The molecule has 468 valence electrons. The summed E-state index contributed by atoms with van der Waals surface area (Å²) in [4.78, 5) is 38.3. The summed E-state index contributed by atoms with van der Waals surface area (Å²) in [6.07, 6.45) is 101. The molecule has 0 aliphatic rings. The highest BCUT2D eigenvalue weighted by Gasteiger charge is 2.19. The molecule has 0 N–H and O–H groups in total. The van der Waals surface area contributed by atoms with E-state index in [1.54, 1.807) is 0 Å². The summed E-state index contributed by atoms with van der Waals surface area (Å²) in [6, 6.07) is 0. The normalized spacial score (nSPS) is 13.1. The Labute approximate surface area is 511 Å². The van der Waals surface area contributed by atoms with Crippen LogP contribution in [0.3, 0.4) is 0 Å². The van der Waals surface area contributed by atoms with E-state index in [0.717, 1.165) is 161 Å². The molecule has 0 saturated heterocycles. The molecule has 0 spiro atoms. The zero-order chi connectivity index (χ0) is 59.9. The second-order valence-electron chi connectivity index (χ2n) is 22.0. The fraction of sp³-hybridized carbons (Fsp3) is 0.623. The summed E-state index contributed by atoms with van der Waals surface area (Å²) in [5.41, 5.74) is 0. The molecule has 0 aromatic rings. The summed E-state index contributed by atoms with van der Waals surface area (Å²) in [7, 11) is 0. The Balaban J connectivity index is 4.37. The monoisotopic (exact) mass is 1140 g/mol. The molecule has 6 nitrogen and oxygen atoms in total. The topological polar surface area (TPSA) is 78.9 Å². The van der Waals surface area contributed by atoms with Crippen LogP contribution < -0.4 is 0 Å². The van der Waals surface area contributed by atoms with Crippen molar-refractivity contribution in [3.8, 4) is 0 Å². The van der Waals surface area contributed by atoms with Gasteiger partial charge in [0, 0.05) is 19.3 Å². The number of ether oxygens (including phenoxy) is 3. The van der Waals surface area contributed by atoms with Gasteiger partial charge in [-0.15, -0.1) is 0 Å². The van der Waals surface area contributed by atoms with E-state index in [-0.39, 0.29) is 31.1 Å². The number of rotatable bonds is 60. The molecule has 0 aromatic carbocycles. The third-order valence-electron chi connectivity index (χ3n) is 14.0. The summed E-state index contributed by atoms with van der Waals surface area (Å²) in [5.74, 6) is -0.952. The molecule has 1 atom stereocenters. The number of carbonyl (C=O) groups excluding carboxylic acids is 3. The first-order chi connectivity index (χ1) is 41.0. The summed E-state index contributed by atoms with van der Waals surface area (Å²) in [5, 5.41) is 0. The maximum Gasteiger partial charge on any atom is 0.306 e. The zero-order valence-electron chi connectivity index (χ0n) is 53.7. The second kappa shape index (κ2) is 69.5. The van der Waals surface area contributed by atoms with Gasteiger partial charge < -0.3 is 14.2 Å². The third kappa shape index (κ3) is 67.7. The predicted molar refractivity (Wildman–Crippen MR) is 362 cm³/mol. The Bertz CT molecular complexity index is 1840. The highest BCUT2D eigenvalue weighted by Crippen LogP contribution is 2.15. The fourth-order valence-corrected chi connectivity index (χ4v) is 8.97. The van der Waals surface area contributed by atoms with E-state index in [1.807, 2.05) is 0 Å². The number of esters is 3. The summed E-state index contributed by atoms with van der Waals surface area (Å²) in [6.45, 7) is 6.37. The number of hydrogen-bond donors (Lipinski definition) is 0. The van der Waals surface area contributed by atoms with Crippen LogP contribution in [0.4, 0.5) is 0 Å². The summed E-state index contributed by atoms with van der Waals surface area (Å²) < 4.78 is 16.9. The highest BCUT2D eigenvalue weighted by atomic mass is 16.6. The van der Waals surface area contributed by atoms with E-state index >= 15 is 0 Å². The molecule has 0 aromatic heterocycles. The van der Waals surface area contributed by atoms with Gasteiger partial charge >= 0.3 is 17.9 Å². The molecular formula is C77H124O6. The van der Waals surface area contributed by atoms with Crippen LogP contribution in [-0.4, -0.2) is 37.2 Å². The van der Waals surface area contributed by atoms with Crippen LogP contribution in [0.5, 0.6) is 0 Å². The van der Waals surface area contributed by atoms with Crippen molar-refractivity contribution in [1.82, 2.24) is 0 Å². The lowest BCUT2D eigenvalue weighted by molar-refractivity contribution is -0.167. The average molecular weight is 1150 g/mol.